The molecule has 2 aromatic carbocycles. The Bertz CT molecular complexity index is 877. The van der Waals surface area contributed by atoms with Gasteiger partial charge in [0.05, 0.1) is 7.11 Å². The molecule has 0 fully saturated rings. The second-order valence-electron chi connectivity index (χ2n) is 5.99. The molecule has 128 valence electrons. The Kier molecular flexibility index (Phi) is 4.57. The number of aromatic hydroxyl groups is 1. The Hall–Kier alpha value is -3.08. The fourth-order valence-corrected chi connectivity index (χ4v) is 2.43. The highest BCUT2D eigenvalue weighted by atomic mass is 16.5. The van der Waals surface area contributed by atoms with Gasteiger partial charge in [-0.15, -0.1) is 0 Å². The number of hydrogen-bond donors (Lipinski definition) is 1. The quantitative estimate of drug-likeness (QED) is 0.691. The van der Waals surface area contributed by atoms with E-state index in [0.29, 0.717) is 11.5 Å². The van der Waals surface area contributed by atoms with E-state index in [2.05, 4.69) is 4.98 Å². The van der Waals surface area contributed by atoms with Gasteiger partial charge >= 0.3 is 0 Å². The molecule has 0 bridgehead atoms. The summed E-state index contributed by atoms with van der Waals surface area (Å²) in [6, 6.07) is 14.0. The van der Waals surface area contributed by atoms with E-state index in [1.54, 1.807) is 45.2 Å². The molecule has 3 rings (SSSR count). The standard InChI is InChI=1S/C20H19NO4/c1-12(2)18(23)20-21-17(13-4-8-15(22)9-5-13)19(25-20)14-6-10-16(24-3)11-7-14/h4-12,22H,1-3H3. The summed E-state index contributed by atoms with van der Waals surface area (Å²) in [4.78, 5) is 16.7. The van der Waals surface area contributed by atoms with Gasteiger partial charge in [0.15, 0.2) is 5.76 Å². The van der Waals surface area contributed by atoms with Crippen LogP contribution in [-0.2, 0) is 0 Å². The molecular formula is C20H19NO4. The van der Waals surface area contributed by atoms with Crippen LogP contribution < -0.4 is 4.74 Å². The maximum atomic E-state index is 12.3. The molecule has 0 atom stereocenters. The minimum Gasteiger partial charge on any atom is -0.508 e. The summed E-state index contributed by atoms with van der Waals surface area (Å²) in [5.74, 6) is 1.13. The highest BCUT2D eigenvalue weighted by Gasteiger charge is 2.23. The number of phenols is 1. The van der Waals surface area contributed by atoms with Crippen molar-refractivity contribution in [3.63, 3.8) is 0 Å². The number of rotatable bonds is 5. The number of oxazole rings is 1. The van der Waals surface area contributed by atoms with Crippen molar-refractivity contribution >= 4 is 5.78 Å². The molecule has 25 heavy (non-hydrogen) atoms. The Balaban J connectivity index is 2.13. The molecule has 0 aliphatic heterocycles. The minimum atomic E-state index is -0.213. The van der Waals surface area contributed by atoms with E-state index < -0.39 is 0 Å². The number of hydrogen-bond acceptors (Lipinski definition) is 5. The van der Waals surface area contributed by atoms with Crippen LogP contribution in [0.5, 0.6) is 11.5 Å². The number of carbonyl (C=O) groups is 1. The second-order valence-corrected chi connectivity index (χ2v) is 5.99. The van der Waals surface area contributed by atoms with Crippen molar-refractivity contribution in [3.05, 3.63) is 54.4 Å². The fraction of sp³-hybridized carbons (Fsp3) is 0.200. The first-order chi connectivity index (χ1) is 12.0. The van der Waals surface area contributed by atoms with Crippen molar-refractivity contribution in [1.29, 1.82) is 0 Å². The lowest BCUT2D eigenvalue weighted by Crippen LogP contribution is -2.07. The number of nitrogens with zero attached hydrogens (tertiary/aromatic N) is 1. The van der Waals surface area contributed by atoms with Gasteiger partial charge in [-0.25, -0.2) is 4.98 Å². The molecule has 0 saturated heterocycles. The zero-order valence-corrected chi connectivity index (χ0v) is 14.3. The van der Waals surface area contributed by atoms with Crippen LogP contribution in [0, 0.1) is 5.92 Å². The molecule has 5 nitrogen and oxygen atoms in total. The van der Waals surface area contributed by atoms with Gasteiger partial charge in [0.25, 0.3) is 5.89 Å². The number of phenolic OH excluding ortho intramolecular Hbond substituents is 1. The van der Waals surface area contributed by atoms with Gasteiger partial charge in [-0.05, 0) is 48.5 Å². The van der Waals surface area contributed by atoms with Gasteiger partial charge < -0.3 is 14.3 Å². The van der Waals surface area contributed by atoms with Gasteiger partial charge in [-0.3, -0.25) is 4.79 Å². The van der Waals surface area contributed by atoms with Crippen LogP contribution in [0.3, 0.4) is 0 Å². The van der Waals surface area contributed by atoms with Gasteiger partial charge in [0, 0.05) is 17.0 Å². The molecule has 5 heteroatoms. The minimum absolute atomic E-state index is 0.0869. The zero-order chi connectivity index (χ0) is 18.0. The Morgan fingerprint density at radius 1 is 1.04 bits per heavy atom. The molecular weight excluding hydrogens is 318 g/mol. The van der Waals surface area contributed by atoms with E-state index >= 15 is 0 Å². The SMILES string of the molecule is COc1ccc(-c2oc(C(=O)C(C)C)nc2-c2ccc(O)cc2)cc1. The molecule has 3 aromatic rings. The highest BCUT2D eigenvalue weighted by Crippen LogP contribution is 2.34. The second kappa shape index (κ2) is 6.81. The van der Waals surface area contributed by atoms with E-state index in [1.165, 1.54) is 0 Å². The summed E-state index contributed by atoms with van der Waals surface area (Å²) in [7, 11) is 1.60. The molecule has 0 spiro atoms. The Morgan fingerprint density at radius 3 is 2.20 bits per heavy atom. The summed E-state index contributed by atoms with van der Waals surface area (Å²) in [6.45, 7) is 3.61. The summed E-state index contributed by atoms with van der Waals surface area (Å²) in [5, 5.41) is 9.50. The van der Waals surface area contributed by atoms with E-state index in [4.69, 9.17) is 9.15 Å². The number of benzene rings is 2. The van der Waals surface area contributed by atoms with Crippen LogP contribution in [0.1, 0.15) is 24.5 Å². The number of aromatic nitrogens is 1. The van der Waals surface area contributed by atoms with Gasteiger partial charge in [0.2, 0.25) is 5.78 Å². The van der Waals surface area contributed by atoms with Gasteiger partial charge in [0.1, 0.15) is 17.2 Å². The van der Waals surface area contributed by atoms with Crippen LogP contribution in [0.15, 0.2) is 52.9 Å². The highest BCUT2D eigenvalue weighted by molar-refractivity contribution is 5.95. The van der Waals surface area contributed by atoms with Crippen LogP contribution in [-0.4, -0.2) is 23.0 Å². The monoisotopic (exact) mass is 337 g/mol. The molecule has 1 heterocycles. The summed E-state index contributed by atoms with van der Waals surface area (Å²) in [5.41, 5.74) is 2.11. The van der Waals surface area contributed by atoms with E-state index in [-0.39, 0.29) is 23.3 Å². The predicted molar refractivity (Wildman–Crippen MR) is 94.8 cm³/mol. The molecule has 1 aromatic heterocycles. The maximum absolute atomic E-state index is 12.3. The van der Waals surface area contributed by atoms with Crippen molar-refractivity contribution in [3.8, 4) is 34.1 Å². The molecule has 0 aliphatic carbocycles. The fourth-order valence-electron chi connectivity index (χ4n) is 2.43. The van der Waals surface area contributed by atoms with Crippen molar-refractivity contribution in [2.75, 3.05) is 7.11 Å². The lowest BCUT2D eigenvalue weighted by Gasteiger charge is -2.03. The van der Waals surface area contributed by atoms with E-state index in [1.807, 2.05) is 24.3 Å². The van der Waals surface area contributed by atoms with Crippen molar-refractivity contribution in [2.45, 2.75) is 13.8 Å². The Labute approximate surface area is 145 Å². The zero-order valence-electron chi connectivity index (χ0n) is 14.3. The van der Waals surface area contributed by atoms with Crippen LogP contribution in [0.4, 0.5) is 0 Å². The number of Topliss-reactive ketones (excluding diaryl/α,β-unsaturated/α-hetero) is 1. The van der Waals surface area contributed by atoms with Crippen LogP contribution >= 0.6 is 0 Å². The molecule has 0 amide bonds. The lowest BCUT2D eigenvalue weighted by molar-refractivity contribution is 0.0905. The molecule has 0 unspecified atom stereocenters. The van der Waals surface area contributed by atoms with Gasteiger partial charge in [-0.1, -0.05) is 13.8 Å². The average molecular weight is 337 g/mol. The van der Waals surface area contributed by atoms with E-state index in [9.17, 15) is 9.90 Å². The van der Waals surface area contributed by atoms with E-state index in [0.717, 1.165) is 16.9 Å². The topological polar surface area (TPSA) is 72.6 Å². The number of methoxy groups -OCH3 is 1. The van der Waals surface area contributed by atoms with Crippen LogP contribution in [0.25, 0.3) is 22.6 Å². The average Bonchev–Trinajstić information content (AvgIpc) is 3.07. The van der Waals surface area contributed by atoms with Crippen molar-refractivity contribution < 1.29 is 19.1 Å². The molecule has 0 radical (unpaired) electrons. The third-order valence-electron chi connectivity index (χ3n) is 3.86. The Morgan fingerprint density at radius 2 is 1.64 bits per heavy atom. The molecule has 0 aliphatic rings. The summed E-state index contributed by atoms with van der Waals surface area (Å²) >= 11 is 0. The molecule has 1 N–H and O–H groups in total. The number of carbonyl (C=O) groups excluding carboxylic acids is 1. The smallest absolute Gasteiger partial charge is 0.264 e. The first-order valence-corrected chi connectivity index (χ1v) is 7.98. The number of ketones is 1. The normalized spacial score (nSPS) is 10.9. The predicted octanol–water partition coefficient (Wildman–Crippen LogP) is 4.56. The maximum Gasteiger partial charge on any atom is 0.264 e. The van der Waals surface area contributed by atoms with Crippen LogP contribution in [0.2, 0.25) is 0 Å². The molecule has 0 saturated carbocycles. The third-order valence-corrected chi connectivity index (χ3v) is 3.86. The first kappa shape index (κ1) is 16.8. The summed E-state index contributed by atoms with van der Waals surface area (Å²) < 4.78 is 11.0. The third kappa shape index (κ3) is 3.40. The van der Waals surface area contributed by atoms with Crippen molar-refractivity contribution in [1.82, 2.24) is 4.98 Å². The van der Waals surface area contributed by atoms with Gasteiger partial charge in [-0.2, -0.15) is 0 Å². The number of ether oxygens (including phenoxy) is 1. The largest absolute Gasteiger partial charge is 0.508 e. The summed E-state index contributed by atoms with van der Waals surface area (Å²) in [6.07, 6.45) is 0. The van der Waals surface area contributed by atoms with Crippen molar-refractivity contribution in [2.24, 2.45) is 5.92 Å². The lowest BCUT2D eigenvalue weighted by atomic mass is 10.1. The first-order valence-electron chi connectivity index (χ1n) is 7.98.